The lowest BCUT2D eigenvalue weighted by Crippen LogP contribution is -2.06. The maximum Gasteiger partial charge on any atom is 0.338 e. The molecule has 28 heavy (non-hydrogen) atoms. The number of hydrogen-bond donors (Lipinski definition) is 0. The Labute approximate surface area is 171 Å². The number of aromatic nitrogens is 1. The van der Waals surface area contributed by atoms with Gasteiger partial charge in [0.1, 0.15) is 5.01 Å². The summed E-state index contributed by atoms with van der Waals surface area (Å²) < 4.78 is 6.57. The summed E-state index contributed by atoms with van der Waals surface area (Å²) >= 11 is 1.66. The standard InChI is InChI=1S/C24H27NO2S/c1-2-3-4-5-6-7-8-11-18-27-24(26)20-16-14-19(15-17-20)23-25-21-12-9-10-13-22(21)28-23/h2,9-10,12-17H,1,3-8,11,18H2. The first-order chi connectivity index (χ1) is 13.8. The van der Waals surface area contributed by atoms with Gasteiger partial charge in [-0.3, -0.25) is 0 Å². The van der Waals surface area contributed by atoms with Gasteiger partial charge < -0.3 is 4.74 Å². The van der Waals surface area contributed by atoms with Crippen molar-refractivity contribution in [3.63, 3.8) is 0 Å². The fourth-order valence-electron chi connectivity index (χ4n) is 3.09. The van der Waals surface area contributed by atoms with Crippen LogP contribution in [0, 0.1) is 0 Å². The minimum absolute atomic E-state index is 0.248. The van der Waals surface area contributed by atoms with E-state index in [2.05, 4.69) is 17.6 Å². The summed E-state index contributed by atoms with van der Waals surface area (Å²) in [5.74, 6) is -0.248. The molecule has 0 atom stereocenters. The molecule has 0 saturated heterocycles. The first kappa shape index (κ1) is 20.3. The minimum Gasteiger partial charge on any atom is -0.462 e. The Kier molecular flexibility index (Phi) is 7.80. The Morgan fingerprint density at radius 1 is 0.964 bits per heavy atom. The van der Waals surface area contributed by atoms with E-state index in [1.54, 1.807) is 11.3 Å². The molecule has 0 aliphatic carbocycles. The normalized spacial score (nSPS) is 10.9. The van der Waals surface area contributed by atoms with Crippen LogP contribution in [0.4, 0.5) is 0 Å². The molecule has 0 unspecified atom stereocenters. The van der Waals surface area contributed by atoms with E-state index in [-0.39, 0.29) is 5.97 Å². The third kappa shape index (κ3) is 5.77. The van der Waals surface area contributed by atoms with Crippen molar-refractivity contribution in [1.82, 2.24) is 4.98 Å². The second-order valence-electron chi connectivity index (χ2n) is 6.90. The fraction of sp³-hybridized carbons (Fsp3) is 0.333. The monoisotopic (exact) mass is 393 g/mol. The second-order valence-corrected chi connectivity index (χ2v) is 7.93. The molecule has 0 radical (unpaired) electrons. The Morgan fingerprint density at radius 3 is 2.43 bits per heavy atom. The average molecular weight is 394 g/mol. The highest BCUT2D eigenvalue weighted by molar-refractivity contribution is 7.21. The van der Waals surface area contributed by atoms with Crippen LogP contribution in [0.2, 0.25) is 0 Å². The van der Waals surface area contributed by atoms with E-state index in [1.165, 1.54) is 30.4 Å². The number of benzene rings is 2. The van der Waals surface area contributed by atoms with Crippen molar-refractivity contribution in [3.05, 3.63) is 66.7 Å². The molecule has 146 valence electrons. The van der Waals surface area contributed by atoms with Crippen molar-refractivity contribution < 1.29 is 9.53 Å². The number of para-hydroxylation sites is 1. The topological polar surface area (TPSA) is 39.2 Å². The zero-order chi connectivity index (χ0) is 19.6. The number of fused-ring (bicyclic) bond motifs is 1. The number of rotatable bonds is 11. The molecule has 0 fully saturated rings. The van der Waals surface area contributed by atoms with Gasteiger partial charge in [-0.1, -0.05) is 56.0 Å². The van der Waals surface area contributed by atoms with Crippen molar-refractivity contribution in [2.75, 3.05) is 6.61 Å². The number of esters is 1. The van der Waals surface area contributed by atoms with Gasteiger partial charge in [-0.2, -0.15) is 0 Å². The second kappa shape index (κ2) is 10.8. The Bertz CT molecular complexity index is 865. The highest BCUT2D eigenvalue weighted by Gasteiger charge is 2.09. The number of thiazole rings is 1. The number of carbonyl (C=O) groups excluding carboxylic acids is 1. The van der Waals surface area contributed by atoms with Crippen molar-refractivity contribution in [3.8, 4) is 10.6 Å². The van der Waals surface area contributed by atoms with Crippen molar-refractivity contribution in [2.45, 2.75) is 44.9 Å². The summed E-state index contributed by atoms with van der Waals surface area (Å²) in [6, 6.07) is 15.6. The molecule has 4 heteroatoms. The minimum atomic E-state index is -0.248. The molecular formula is C24H27NO2S. The number of carbonyl (C=O) groups is 1. The van der Waals surface area contributed by atoms with E-state index < -0.39 is 0 Å². The van der Waals surface area contributed by atoms with Crippen LogP contribution in [0.5, 0.6) is 0 Å². The SMILES string of the molecule is C=CCCCCCCCCOC(=O)c1ccc(-c2nc3ccccc3s2)cc1. The van der Waals surface area contributed by atoms with Crippen LogP contribution in [0.15, 0.2) is 61.2 Å². The maximum absolute atomic E-state index is 12.2. The first-order valence-electron chi connectivity index (χ1n) is 10.0. The van der Waals surface area contributed by atoms with Gasteiger partial charge in [0.15, 0.2) is 0 Å². The highest BCUT2D eigenvalue weighted by Crippen LogP contribution is 2.30. The molecule has 3 rings (SSSR count). The van der Waals surface area contributed by atoms with Gasteiger partial charge in [-0.25, -0.2) is 9.78 Å². The van der Waals surface area contributed by atoms with Crippen LogP contribution in [-0.2, 0) is 4.74 Å². The molecule has 0 N–H and O–H groups in total. The first-order valence-corrected chi connectivity index (χ1v) is 10.8. The lowest BCUT2D eigenvalue weighted by Gasteiger charge is -2.05. The van der Waals surface area contributed by atoms with E-state index in [1.807, 2.05) is 48.5 Å². The third-order valence-electron chi connectivity index (χ3n) is 4.70. The maximum atomic E-state index is 12.2. The molecule has 2 aromatic carbocycles. The van der Waals surface area contributed by atoms with Crippen molar-refractivity contribution in [1.29, 1.82) is 0 Å². The molecule has 0 aliphatic heterocycles. The Morgan fingerprint density at radius 2 is 1.68 bits per heavy atom. The largest absolute Gasteiger partial charge is 0.462 e. The van der Waals surface area contributed by atoms with Gasteiger partial charge in [-0.05, 0) is 43.5 Å². The third-order valence-corrected chi connectivity index (χ3v) is 5.78. The quantitative estimate of drug-likeness (QED) is 0.199. The zero-order valence-electron chi connectivity index (χ0n) is 16.2. The van der Waals surface area contributed by atoms with Gasteiger partial charge >= 0.3 is 5.97 Å². The molecule has 0 aliphatic rings. The predicted molar refractivity (Wildman–Crippen MR) is 118 cm³/mol. The predicted octanol–water partition coefficient (Wildman–Crippen LogP) is 7.04. The van der Waals surface area contributed by atoms with Crippen molar-refractivity contribution >= 4 is 27.5 Å². The lowest BCUT2D eigenvalue weighted by atomic mass is 10.1. The summed E-state index contributed by atoms with van der Waals surface area (Å²) in [6.45, 7) is 4.23. The number of ether oxygens (including phenoxy) is 1. The molecule has 3 aromatic rings. The van der Waals surface area contributed by atoms with Crippen LogP contribution >= 0.6 is 11.3 Å². The van der Waals surface area contributed by atoms with Crippen LogP contribution in [-0.4, -0.2) is 17.6 Å². The Balaban J connectivity index is 1.42. The summed E-state index contributed by atoms with van der Waals surface area (Å²) in [6.07, 6.45) is 10.0. The molecule has 3 nitrogen and oxygen atoms in total. The molecule has 0 bridgehead atoms. The number of allylic oxidation sites excluding steroid dienone is 1. The van der Waals surface area contributed by atoms with Crippen LogP contribution in [0.1, 0.15) is 55.3 Å². The smallest absolute Gasteiger partial charge is 0.338 e. The van der Waals surface area contributed by atoms with Gasteiger partial charge in [-0.15, -0.1) is 17.9 Å². The van der Waals surface area contributed by atoms with E-state index in [0.29, 0.717) is 12.2 Å². The van der Waals surface area contributed by atoms with Crippen LogP contribution in [0.3, 0.4) is 0 Å². The summed E-state index contributed by atoms with van der Waals surface area (Å²) in [4.78, 5) is 16.9. The van der Waals surface area contributed by atoms with Crippen LogP contribution in [0.25, 0.3) is 20.8 Å². The number of hydrogen-bond acceptors (Lipinski definition) is 4. The van der Waals surface area contributed by atoms with Crippen LogP contribution < -0.4 is 0 Å². The molecule has 0 saturated carbocycles. The highest BCUT2D eigenvalue weighted by atomic mass is 32.1. The Hall–Kier alpha value is -2.46. The number of nitrogens with zero attached hydrogens (tertiary/aromatic N) is 1. The van der Waals surface area contributed by atoms with Gasteiger partial charge in [0.25, 0.3) is 0 Å². The fourth-order valence-corrected chi connectivity index (χ4v) is 4.06. The number of unbranched alkanes of at least 4 members (excludes halogenated alkanes) is 6. The van der Waals surface area contributed by atoms with Gasteiger partial charge in [0, 0.05) is 5.56 Å². The molecular weight excluding hydrogens is 366 g/mol. The van der Waals surface area contributed by atoms with E-state index >= 15 is 0 Å². The van der Waals surface area contributed by atoms with Gasteiger partial charge in [0.05, 0.1) is 22.4 Å². The van der Waals surface area contributed by atoms with E-state index in [0.717, 1.165) is 35.4 Å². The summed E-state index contributed by atoms with van der Waals surface area (Å²) in [5, 5.41) is 0.967. The molecule has 1 heterocycles. The molecule has 1 aromatic heterocycles. The molecule has 0 amide bonds. The van der Waals surface area contributed by atoms with E-state index in [4.69, 9.17) is 4.74 Å². The van der Waals surface area contributed by atoms with Crippen molar-refractivity contribution in [2.24, 2.45) is 0 Å². The average Bonchev–Trinajstić information content (AvgIpc) is 3.17. The molecule has 0 spiro atoms. The summed E-state index contributed by atoms with van der Waals surface area (Å²) in [7, 11) is 0. The lowest BCUT2D eigenvalue weighted by molar-refractivity contribution is 0.0497. The zero-order valence-corrected chi connectivity index (χ0v) is 17.0. The van der Waals surface area contributed by atoms with E-state index in [9.17, 15) is 4.79 Å². The summed E-state index contributed by atoms with van der Waals surface area (Å²) in [5.41, 5.74) is 2.62. The van der Waals surface area contributed by atoms with Gasteiger partial charge in [0.2, 0.25) is 0 Å².